The van der Waals surface area contributed by atoms with E-state index in [4.69, 9.17) is 0 Å². The van der Waals surface area contributed by atoms with E-state index in [1.165, 1.54) is 6.42 Å². The van der Waals surface area contributed by atoms with E-state index in [9.17, 15) is 13.6 Å². The molecule has 0 radical (unpaired) electrons. The van der Waals surface area contributed by atoms with Crippen molar-refractivity contribution in [3.63, 3.8) is 0 Å². The molecule has 17 heavy (non-hydrogen) atoms. The van der Waals surface area contributed by atoms with E-state index in [0.717, 1.165) is 44.1 Å². The normalized spacial score (nSPS) is 17.1. The average molecular weight is 239 g/mol. The van der Waals surface area contributed by atoms with Gasteiger partial charge in [0, 0.05) is 0 Å². The molecule has 1 aromatic carbocycles. The zero-order valence-electron chi connectivity index (χ0n) is 9.59. The second kappa shape index (κ2) is 5.36. The van der Waals surface area contributed by atoms with Crippen LogP contribution in [-0.2, 0) is 0 Å². The molecule has 0 atom stereocenters. The van der Waals surface area contributed by atoms with Crippen LogP contribution in [0.5, 0.6) is 0 Å². The molecular weight excluding hydrogens is 224 g/mol. The molecule has 1 saturated heterocycles. The molecule has 92 valence electrons. The molecular formula is C13H15F2NO. The average Bonchev–Trinajstić information content (AvgIpc) is 2.33. The first-order chi connectivity index (χ1) is 8.16. The van der Waals surface area contributed by atoms with Crippen molar-refractivity contribution in [3.05, 3.63) is 35.4 Å². The van der Waals surface area contributed by atoms with Crippen LogP contribution in [0.4, 0.5) is 8.78 Å². The maximum absolute atomic E-state index is 13.4. The maximum atomic E-state index is 13.4. The van der Waals surface area contributed by atoms with Crippen LogP contribution in [0.25, 0.3) is 0 Å². The number of rotatable bonds is 3. The lowest BCUT2D eigenvalue weighted by molar-refractivity contribution is 0.0911. The Morgan fingerprint density at radius 3 is 2.59 bits per heavy atom. The molecule has 1 fully saturated rings. The molecule has 0 aromatic heterocycles. The lowest BCUT2D eigenvalue weighted by atomic mass is 10.1. The number of Topliss-reactive ketones (excluding diaryl/α,β-unsaturated/α-hetero) is 1. The predicted octanol–water partition coefficient (Wildman–Crippen LogP) is 2.63. The van der Waals surface area contributed by atoms with E-state index in [0.29, 0.717) is 0 Å². The van der Waals surface area contributed by atoms with Crippen molar-refractivity contribution in [1.82, 2.24) is 4.90 Å². The summed E-state index contributed by atoms with van der Waals surface area (Å²) in [7, 11) is 0. The van der Waals surface area contributed by atoms with Crippen LogP contribution >= 0.6 is 0 Å². The van der Waals surface area contributed by atoms with Gasteiger partial charge in [-0.05, 0) is 44.1 Å². The smallest absolute Gasteiger partial charge is 0.179 e. The molecule has 0 spiro atoms. The van der Waals surface area contributed by atoms with Gasteiger partial charge >= 0.3 is 0 Å². The fourth-order valence-electron chi connectivity index (χ4n) is 2.12. The first-order valence-electron chi connectivity index (χ1n) is 5.87. The van der Waals surface area contributed by atoms with Crippen LogP contribution in [0.15, 0.2) is 18.2 Å². The van der Waals surface area contributed by atoms with E-state index < -0.39 is 11.6 Å². The van der Waals surface area contributed by atoms with E-state index in [1.54, 1.807) is 0 Å². The minimum atomic E-state index is -0.645. The first kappa shape index (κ1) is 12.2. The van der Waals surface area contributed by atoms with Crippen molar-refractivity contribution in [2.75, 3.05) is 19.6 Å². The van der Waals surface area contributed by atoms with Gasteiger partial charge in [0.1, 0.15) is 11.6 Å². The molecule has 0 N–H and O–H groups in total. The molecule has 2 nitrogen and oxygen atoms in total. The molecule has 1 aliphatic rings. The molecule has 0 aliphatic carbocycles. The maximum Gasteiger partial charge on any atom is 0.179 e. The summed E-state index contributed by atoms with van der Waals surface area (Å²) in [6.45, 7) is 1.91. The molecule has 2 rings (SSSR count). The number of ketones is 1. The van der Waals surface area contributed by atoms with Crippen molar-refractivity contribution in [2.24, 2.45) is 0 Å². The molecule has 1 heterocycles. The largest absolute Gasteiger partial charge is 0.296 e. The van der Waals surface area contributed by atoms with E-state index in [1.807, 2.05) is 4.90 Å². The second-order valence-electron chi connectivity index (χ2n) is 4.38. The third kappa shape index (κ3) is 3.09. The van der Waals surface area contributed by atoms with Gasteiger partial charge in [0.05, 0.1) is 12.1 Å². The summed E-state index contributed by atoms with van der Waals surface area (Å²) in [4.78, 5) is 13.8. The molecule has 0 bridgehead atoms. The first-order valence-corrected chi connectivity index (χ1v) is 5.87. The van der Waals surface area contributed by atoms with Crippen molar-refractivity contribution in [3.8, 4) is 0 Å². The number of nitrogens with zero attached hydrogens (tertiary/aromatic N) is 1. The van der Waals surface area contributed by atoms with E-state index in [2.05, 4.69) is 0 Å². The van der Waals surface area contributed by atoms with Crippen LogP contribution < -0.4 is 0 Å². The highest BCUT2D eigenvalue weighted by atomic mass is 19.1. The van der Waals surface area contributed by atoms with Crippen molar-refractivity contribution in [1.29, 1.82) is 0 Å². The van der Waals surface area contributed by atoms with E-state index >= 15 is 0 Å². The number of benzene rings is 1. The topological polar surface area (TPSA) is 20.3 Å². The molecule has 4 heteroatoms. The number of likely N-dealkylation sites (tertiary alicyclic amines) is 1. The van der Waals surface area contributed by atoms with Gasteiger partial charge in [-0.2, -0.15) is 0 Å². The van der Waals surface area contributed by atoms with Crippen LogP contribution in [0, 0.1) is 11.6 Å². The monoisotopic (exact) mass is 239 g/mol. The number of hydrogen-bond acceptors (Lipinski definition) is 2. The van der Waals surface area contributed by atoms with Crippen molar-refractivity contribution < 1.29 is 13.6 Å². The van der Waals surface area contributed by atoms with Gasteiger partial charge in [0.2, 0.25) is 0 Å². The standard InChI is InChI=1S/C13H15F2NO/c14-10-4-5-12(15)11(8-10)13(17)9-16-6-2-1-3-7-16/h4-5,8H,1-3,6-7,9H2. The Morgan fingerprint density at radius 1 is 1.18 bits per heavy atom. The fourth-order valence-corrected chi connectivity index (χ4v) is 2.12. The van der Waals surface area contributed by atoms with Crippen LogP contribution in [0.2, 0.25) is 0 Å². The number of piperidine rings is 1. The number of halogens is 2. The van der Waals surface area contributed by atoms with Gasteiger partial charge in [0.25, 0.3) is 0 Å². The predicted molar refractivity (Wildman–Crippen MR) is 61.0 cm³/mol. The Balaban J connectivity index is 2.05. The van der Waals surface area contributed by atoms with Crippen LogP contribution in [0.1, 0.15) is 29.6 Å². The number of carbonyl (C=O) groups excluding carboxylic acids is 1. The van der Waals surface area contributed by atoms with Gasteiger partial charge in [-0.3, -0.25) is 9.69 Å². The Labute approximate surface area is 99.2 Å². The summed E-state index contributed by atoms with van der Waals surface area (Å²) >= 11 is 0. The Hall–Kier alpha value is -1.29. The molecule has 0 unspecified atom stereocenters. The highest BCUT2D eigenvalue weighted by Gasteiger charge is 2.18. The summed E-state index contributed by atoms with van der Waals surface area (Å²) in [5, 5.41) is 0. The molecule has 1 aliphatic heterocycles. The van der Waals surface area contributed by atoms with Gasteiger partial charge in [0.15, 0.2) is 5.78 Å². The minimum absolute atomic E-state index is 0.143. The van der Waals surface area contributed by atoms with Gasteiger partial charge < -0.3 is 0 Å². The fraction of sp³-hybridized carbons (Fsp3) is 0.462. The van der Waals surface area contributed by atoms with Gasteiger partial charge in [-0.25, -0.2) is 8.78 Å². The lowest BCUT2D eigenvalue weighted by Crippen LogP contribution is -2.34. The Morgan fingerprint density at radius 2 is 1.88 bits per heavy atom. The van der Waals surface area contributed by atoms with Gasteiger partial charge in [-0.15, -0.1) is 0 Å². The minimum Gasteiger partial charge on any atom is -0.296 e. The van der Waals surface area contributed by atoms with Crippen molar-refractivity contribution >= 4 is 5.78 Å². The third-order valence-corrected chi connectivity index (χ3v) is 3.04. The van der Waals surface area contributed by atoms with Crippen molar-refractivity contribution in [2.45, 2.75) is 19.3 Å². The van der Waals surface area contributed by atoms with Crippen LogP contribution in [-0.4, -0.2) is 30.3 Å². The zero-order valence-corrected chi connectivity index (χ0v) is 9.59. The Bertz CT molecular complexity index is 414. The summed E-state index contributed by atoms with van der Waals surface area (Å²) in [5.74, 6) is -1.56. The summed E-state index contributed by atoms with van der Waals surface area (Å²) in [6.07, 6.45) is 3.32. The Kier molecular flexibility index (Phi) is 3.84. The molecule has 0 saturated carbocycles. The molecule has 1 aromatic rings. The van der Waals surface area contributed by atoms with Crippen LogP contribution in [0.3, 0.4) is 0 Å². The number of hydrogen-bond donors (Lipinski definition) is 0. The summed E-state index contributed by atoms with van der Waals surface area (Å²) in [6, 6.07) is 2.99. The van der Waals surface area contributed by atoms with E-state index in [-0.39, 0.29) is 17.9 Å². The second-order valence-corrected chi connectivity index (χ2v) is 4.38. The quantitative estimate of drug-likeness (QED) is 0.756. The zero-order chi connectivity index (χ0) is 12.3. The summed E-state index contributed by atoms with van der Waals surface area (Å²) in [5.41, 5.74) is -0.143. The lowest BCUT2D eigenvalue weighted by Gasteiger charge is -2.25. The molecule has 0 amide bonds. The highest BCUT2D eigenvalue weighted by molar-refractivity contribution is 5.97. The number of carbonyl (C=O) groups is 1. The SMILES string of the molecule is O=C(CN1CCCCC1)c1cc(F)ccc1F. The van der Waals surface area contributed by atoms with Gasteiger partial charge in [-0.1, -0.05) is 6.42 Å². The summed E-state index contributed by atoms with van der Waals surface area (Å²) < 4.78 is 26.3. The third-order valence-electron chi connectivity index (χ3n) is 3.04. The highest BCUT2D eigenvalue weighted by Crippen LogP contribution is 2.13.